The van der Waals surface area contributed by atoms with E-state index in [0.717, 1.165) is 0 Å². The third-order valence-corrected chi connectivity index (χ3v) is 14.3. The first-order valence-electron chi connectivity index (χ1n) is 7.18. The van der Waals surface area contributed by atoms with Crippen LogP contribution in [-0.2, 0) is 43.7 Å². The summed E-state index contributed by atoms with van der Waals surface area (Å²) in [6, 6.07) is 0. The first kappa shape index (κ1) is 21.4. The van der Waals surface area contributed by atoms with Crippen LogP contribution in [0.2, 0.25) is 0 Å². The molecule has 0 saturated carbocycles. The van der Waals surface area contributed by atoms with Gasteiger partial charge in [-0.25, -0.2) is 0 Å². The summed E-state index contributed by atoms with van der Waals surface area (Å²) in [5, 5.41) is 1.28. The summed E-state index contributed by atoms with van der Waals surface area (Å²) >= 11 is -5.15. The van der Waals surface area contributed by atoms with E-state index in [1.54, 1.807) is 0 Å². The van der Waals surface area contributed by atoms with Crippen LogP contribution in [0, 0.1) is 0 Å². The van der Waals surface area contributed by atoms with Crippen molar-refractivity contribution < 1.29 is 43.7 Å². The topological polar surface area (TPSA) is 67.9 Å². The van der Waals surface area contributed by atoms with Crippen molar-refractivity contribution in [2.45, 2.75) is 27.7 Å². The van der Waals surface area contributed by atoms with Crippen molar-refractivity contribution >= 4 is 0 Å². The molecule has 9 heteroatoms. The molecule has 0 fully saturated rings. The Morgan fingerprint density at radius 1 is 0.667 bits per heavy atom. The molecule has 0 saturated heterocycles. The van der Waals surface area contributed by atoms with Gasteiger partial charge in [0.25, 0.3) is 0 Å². The molecule has 0 rings (SSSR count). The van der Waals surface area contributed by atoms with Crippen LogP contribution in [0.25, 0.3) is 0 Å². The maximum atomic E-state index is 5.94. The van der Waals surface area contributed by atoms with E-state index in [4.69, 9.17) is 25.9 Å². The Kier molecular flexibility index (Phi) is 11.3. The molecule has 0 aromatic heterocycles. The van der Waals surface area contributed by atoms with Crippen LogP contribution in [-0.4, -0.2) is 59.0 Å². The van der Waals surface area contributed by atoms with Gasteiger partial charge in [0.05, 0.1) is 0 Å². The monoisotopic (exact) mass is 481 g/mol. The average molecular weight is 481 g/mol. The van der Waals surface area contributed by atoms with Crippen LogP contribution in [0.3, 0.4) is 0 Å². The Bertz CT molecular complexity index is 230. The molecule has 0 aromatic rings. The van der Waals surface area contributed by atoms with Gasteiger partial charge >= 0.3 is 130 Å². The van der Waals surface area contributed by atoms with Crippen molar-refractivity contribution in [2.24, 2.45) is 0 Å². The van der Waals surface area contributed by atoms with Crippen LogP contribution >= 0.6 is 0 Å². The molecule has 8 nitrogen and oxygen atoms in total. The minimum atomic E-state index is -5.15. The maximum absolute atomic E-state index is 5.94. The van der Waals surface area contributed by atoms with Crippen molar-refractivity contribution in [3.63, 3.8) is 0 Å². The quantitative estimate of drug-likeness (QED) is 0.349. The van der Waals surface area contributed by atoms with Crippen LogP contribution in [0.15, 0.2) is 0 Å². The van der Waals surface area contributed by atoms with Crippen molar-refractivity contribution in [2.75, 3.05) is 53.8 Å². The minimum absolute atomic E-state index is 0.231. The van der Waals surface area contributed by atoms with Gasteiger partial charge in [-0.3, -0.25) is 0 Å². The fourth-order valence-electron chi connectivity index (χ4n) is 1.74. The predicted octanol–water partition coefficient (Wildman–Crippen LogP) is 1.84. The first-order valence-corrected chi connectivity index (χ1v) is 13.7. The van der Waals surface area contributed by atoms with Gasteiger partial charge in [0.1, 0.15) is 0 Å². The molecule has 0 heterocycles. The summed E-state index contributed by atoms with van der Waals surface area (Å²) in [4.78, 5) is 9.96. The van der Waals surface area contributed by atoms with Gasteiger partial charge in [0, 0.05) is 0 Å². The molecular weight excluding hydrogens is 451 g/mol. The normalized spacial score (nSPS) is 14.3. The molecule has 0 aromatic carbocycles. The molecule has 0 spiro atoms. The second kappa shape index (κ2) is 11.0. The number of rotatable bonds is 14. The molecule has 0 unspecified atom stereocenters. The van der Waals surface area contributed by atoms with Gasteiger partial charge in [0.15, 0.2) is 0 Å². The first-order chi connectivity index (χ1) is 10.0. The van der Waals surface area contributed by atoms with E-state index in [1.807, 2.05) is 27.7 Å². The van der Waals surface area contributed by atoms with E-state index in [0.29, 0.717) is 33.0 Å². The summed E-state index contributed by atoms with van der Waals surface area (Å²) < 4.78 is 29.2. The van der Waals surface area contributed by atoms with Gasteiger partial charge in [-0.1, -0.05) is 0 Å². The zero-order valence-electron chi connectivity index (χ0n) is 14.0. The Balaban J connectivity index is 5.04. The third kappa shape index (κ3) is 6.59. The number of nitrogens with zero attached hydrogens (tertiary/aromatic N) is 1. The Morgan fingerprint density at radius 2 is 1.05 bits per heavy atom. The van der Waals surface area contributed by atoms with Gasteiger partial charge in [-0.2, -0.15) is 0 Å². The Morgan fingerprint density at radius 3 is 1.33 bits per heavy atom. The van der Waals surface area contributed by atoms with Gasteiger partial charge in [-0.05, 0) is 0 Å². The Labute approximate surface area is 130 Å². The summed E-state index contributed by atoms with van der Waals surface area (Å²) in [6.07, 6.45) is 0. The molecule has 0 aliphatic rings. The summed E-state index contributed by atoms with van der Waals surface area (Å²) in [5.74, 6) is 0. The summed E-state index contributed by atoms with van der Waals surface area (Å²) in [6.45, 7) is 9.52. The molecule has 0 N–H and O–H groups in total. The van der Waals surface area contributed by atoms with Crippen LogP contribution in [0.1, 0.15) is 27.7 Å². The molecule has 0 atom stereocenters. The van der Waals surface area contributed by atoms with E-state index in [-0.39, 0.29) is 6.61 Å². The predicted molar refractivity (Wildman–Crippen MR) is 73.2 cm³/mol. The van der Waals surface area contributed by atoms with Gasteiger partial charge in [-0.15, -0.1) is 0 Å². The van der Waals surface area contributed by atoms with E-state index >= 15 is 0 Å². The molecular formula is C12H30NO7Ta. The van der Waals surface area contributed by atoms with Crippen molar-refractivity contribution in [1.82, 2.24) is 5.23 Å². The van der Waals surface area contributed by atoms with Gasteiger partial charge in [0.2, 0.25) is 0 Å². The van der Waals surface area contributed by atoms with E-state index in [9.17, 15) is 0 Å². The molecule has 0 amide bonds. The molecule has 0 bridgehead atoms. The standard InChI is InChI=1S/C4H10NO3.4C2H5O.Ta/c1-7-5(8-2)3-4-6;4*1-2-3;/h3-4H2,1-2H3;4*2H2,1H3;/q5*-1;+5. The number of hydroxylamine groups is 2. The van der Waals surface area contributed by atoms with Crippen LogP contribution < -0.4 is 0 Å². The number of hydrogen-bond donors (Lipinski definition) is 0. The molecule has 0 aliphatic heterocycles. The molecule has 21 heavy (non-hydrogen) atoms. The fourth-order valence-corrected chi connectivity index (χ4v) is 11.8. The Hall–Kier alpha value is 0.420. The molecule has 0 radical (unpaired) electrons. The zero-order chi connectivity index (χ0) is 16.2. The summed E-state index contributed by atoms with van der Waals surface area (Å²) in [7, 11) is 3.01. The zero-order valence-corrected chi connectivity index (χ0v) is 17.2. The third-order valence-electron chi connectivity index (χ3n) is 2.34. The van der Waals surface area contributed by atoms with Crippen molar-refractivity contribution in [3.8, 4) is 0 Å². The van der Waals surface area contributed by atoms with Crippen LogP contribution in [0.5, 0.6) is 0 Å². The fraction of sp³-hybridized carbons (Fsp3) is 1.00. The van der Waals surface area contributed by atoms with E-state index in [2.05, 4.69) is 0 Å². The van der Waals surface area contributed by atoms with Crippen molar-refractivity contribution in [1.29, 1.82) is 0 Å². The van der Waals surface area contributed by atoms with E-state index in [1.165, 1.54) is 19.4 Å². The number of hydrogen-bond acceptors (Lipinski definition) is 8. The molecule has 130 valence electrons. The van der Waals surface area contributed by atoms with Crippen molar-refractivity contribution in [3.05, 3.63) is 0 Å². The second-order valence-corrected chi connectivity index (χ2v) is 13.7. The second-order valence-electron chi connectivity index (χ2n) is 3.67. The summed E-state index contributed by atoms with van der Waals surface area (Å²) in [5.41, 5.74) is 0. The average Bonchev–Trinajstić information content (AvgIpc) is 2.45. The van der Waals surface area contributed by atoms with E-state index < -0.39 is 17.8 Å². The molecule has 0 aliphatic carbocycles. The SMILES string of the molecule is CC[O][Ta]([O]CC)([O]CC)([O]CC)[O]CCN(OC)OC. The van der Waals surface area contributed by atoms with Gasteiger partial charge < -0.3 is 0 Å². The van der Waals surface area contributed by atoms with Crippen LogP contribution in [0.4, 0.5) is 0 Å².